The van der Waals surface area contributed by atoms with Crippen molar-refractivity contribution in [3.63, 3.8) is 0 Å². The standard InChI is InChI=1S/C14H23N3O/c1-4-10-16-14(15-2)17-11-13(18-3)12-8-6-5-7-9-12/h5-9,13H,4,10-11H2,1-3H3,(H2,15,16,17). The van der Waals surface area contributed by atoms with Crippen LogP contribution in [0, 0.1) is 0 Å². The van der Waals surface area contributed by atoms with Crippen molar-refractivity contribution in [2.45, 2.75) is 19.4 Å². The lowest BCUT2D eigenvalue weighted by Gasteiger charge is -2.18. The van der Waals surface area contributed by atoms with Crippen LogP contribution in [0.3, 0.4) is 0 Å². The van der Waals surface area contributed by atoms with Crippen LogP contribution >= 0.6 is 0 Å². The Kier molecular flexibility index (Phi) is 6.87. The minimum Gasteiger partial charge on any atom is -0.375 e. The summed E-state index contributed by atoms with van der Waals surface area (Å²) in [7, 11) is 3.50. The van der Waals surface area contributed by atoms with E-state index in [0.29, 0.717) is 6.54 Å². The summed E-state index contributed by atoms with van der Waals surface area (Å²) in [5.41, 5.74) is 1.17. The Bertz CT molecular complexity index is 351. The molecule has 4 heteroatoms. The molecule has 0 bridgehead atoms. The minimum absolute atomic E-state index is 0.0337. The van der Waals surface area contributed by atoms with Gasteiger partial charge >= 0.3 is 0 Å². The van der Waals surface area contributed by atoms with E-state index in [4.69, 9.17) is 4.74 Å². The van der Waals surface area contributed by atoms with Gasteiger partial charge in [-0.1, -0.05) is 37.3 Å². The molecule has 0 aliphatic rings. The van der Waals surface area contributed by atoms with E-state index >= 15 is 0 Å². The summed E-state index contributed by atoms with van der Waals surface area (Å²) >= 11 is 0. The number of rotatable bonds is 6. The number of guanidine groups is 1. The number of methoxy groups -OCH3 is 1. The number of nitrogens with one attached hydrogen (secondary N) is 2. The topological polar surface area (TPSA) is 45.7 Å². The van der Waals surface area contributed by atoms with Gasteiger partial charge in [-0.15, -0.1) is 0 Å². The molecule has 0 radical (unpaired) electrons. The van der Waals surface area contributed by atoms with Crippen molar-refractivity contribution in [3.8, 4) is 0 Å². The third-order valence-electron chi connectivity index (χ3n) is 2.68. The van der Waals surface area contributed by atoms with Gasteiger partial charge in [-0.05, 0) is 12.0 Å². The van der Waals surface area contributed by atoms with Gasteiger partial charge in [0.1, 0.15) is 0 Å². The number of aliphatic imine (C=N–C) groups is 1. The smallest absolute Gasteiger partial charge is 0.191 e. The fourth-order valence-corrected chi connectivity index (χ4v) is 1.66. The number of nitrogens with zero attached hydrogens (tertiary/aromatic N) is 1. The Balaban J connectivity index is 2.49. The highest BCUT2D eigenvalue weighted by Gasteiger charge is 2.10. The molecule has 0 saturated carbocycles. The fraction of sp³-hybridized carbons (Fsp3) is 0.500. The molecule has 1 atom stereocenters. The lowest BCUT2D eigenvalue weighted by atomic mass is 10.1. The average Bonchev–Trinajstić information content (AvgIpc) is 2.44. The van der Waals surface area contributed by atoms with Crippen LogP contribution in [0.4, 0.5) is 0 Å². The summed E-state index contributed by atoms with van der Waals surface area (Å²) in [4.78, 5) is 4.16. The minimum atomic E-state index is 0.0337. The van der Waals surface area contributed by atoms with E-state index < -0.39 is 0 Å². The van der Waals surface area contributed by atoms with Gasteiger partial charge in [0.05, 0.1) is 6.10 Å². The van der Waals surface area contributed by atoms with Crippen LogP contribution in [0.2, 0.25) is 0 Å². The Morgan fingerprint density at radius 1 is 1.28 bits per heavy atom. The van der Waals surface area contributed by atoms with Gasteiger partial charge < -0.3 is 15.4 Å². The van der Waals surface area contributed by atoms with Crippen LogP contribution in [0.15, 0.2) is 35.3 Å². The zero-order valence-corrected chi connectivity index (χ0v) is 11.4. The molecule has 0 aliphatic heterocycles. The molecule has 100 valence electrons. The third-order valence-corrected chi connectivity index (χ3v) is 2.68. The second-order valence-electron chi connectivity index (χ2n) is 4.01. The summed E-state index contributed by atoms with van der Waals surface area (Å²) in [5, 5.41) is 6.50. The first-order chi connectivity index (χ1) is 8.81. The Morgan fingerprint density at radius 3 is 2.56 bits per heavy atom. The van der Waals surface area contributed by atoms with Gasteiger partial charge in [-0.3, -0.25) is 4.99 Å². The maximum absolute atomic E-state index is 5.49. The summed E-state index contributed by atoms with van der Waals surface area (Å²) in [6, 6.07) is 10.2. The highest BCUT2D eigenvalue weighted by atomic mass is 16.5. The van der Waals surface area contributed by atoms with E-state index in [1.807, 2.05) is 18.2 Å². The third kappa shape index (κ3) is 4.75. The molecule has 1 rings (SSSR count). The number of hydrogen-bond acceptors (Lipinski definition) is 2. The van der Waals surface area contributed by atoms with Gasteiger partial charge in [0.15, 0.2) is 5.96 Å². The lowest BCUT2D eigenvalue weighted by molar-refractivity contribution is 0.106. The first-order valence-electron chi connectivity index (χ1n) is 6.34. The van der Waals surface area contributed by atoms with E-state index in [9.17, 15) is 0 Å². The molecule has 1 aromatic carbocycles. The normalized spacial score (nSPS) is 13.2. The number of ether oxygens (including phenoxy) is 1. The summed E-state index contributed by atoms with van der Waals surface area (Å²) in [5.74, 6) is 0.815. The monoisotopic (exact) mass is 249 g/mol. The Labute approximate surface area is 109 Å². The van der Waals surface area contributed by atoms with Crippen LogP contribution in [0.25, 0.3) is 0 Å². The van der Waals surface area contributed by atoms with Crippen LogP contribution in [-0.4, -0.2) is 33.2 Å². The zero-order chi connectivity index (χ0) is 13.2. The van der Waals surface area contributed by atoms with E-state index in [0.717, 1.165) is 18.9 Å². The molecular formula is C14H23N3O. The molecule has 0 amide bonds. The molecule has 0 fully saturated rings. The molecular weight excluding hydrogens is 226 g/mol. The number of benzene rings is 1. The van der Waals surface area contributed by atoms with Crippen molar-refractivity contribution in [1.29, 1.82) is 0 Å². The van der Waals surface area contributed by atoms with Crippen LogP contribution in [0.5, 0.6) is 0 Å². The average molecular weight is 249 g/mol. The van der Waals surface area contributed by atoms with Crippen LogP contribution in [-0.2, 0) is 4.74 Å². The van der Waals surface area contributed by atoms with Crippen molar-refractivity contribution < 1.29 is 4.74 Å². The van der Waals surface area contributed by atoms with Gasteiger partial charge in [0.2, 0.25) is 0 Å². The van der Waals surface area contributed by atoms with Gasteiger partial charge in [0, 0.05) is 27.2 Å². The fourth-order valence-electron chi connectivity index (χ4n) is 1.66. The second kappa shape index (κ2) is 8.53. The van der Waals surface area contributed by atoms with Crippen molar-refractivity contribution in [3.05, 3.63) is 35.9 Å². The lowest BCUT2D eigenvalue weighted by Crippen LogP contribution is -2.39. The van der Waals surface area contributed by atoms with E-state index in [-0.39, 0.29) is 6.10 Å². The molecule has 2 N–H and O–H groups in total. The molecule has 0 aromatic heterocycles. The van der Waals surface area contributed by atoms with Crippen molar-refractivity contribution >= 4 is 5.96 Å². The first kappa shape index (κ1) is 14.5. The van der Waals surface area contributed by atoms with E-state index in [1.165, 1.54) is 5.56 Å². The van der Waals surface area contributed by atoms with Gasteiger partial charge in [0.25, 0.3) is 0 Å². The highest BCUT2D eigenvalue weighted by molar-refractivity contribution is 5.79. The predicted octanol–water partition coefficient (Wildman–Crippen LogP) is 1.95. The second-order valence-corrected chi connectivity index (χ2v) is 4.01. The van der Waals surface area contributed by atoms with Gasteiger partial charge in [-0.25, -0.2) is 0 Å². The molecule has 0 aliphatic carbocycles. The van der Waals surface area contributed by atoms with Crippen LogP contribution in [0.1, 0.15) is 25.0 Å². The van der Waals surface area contributed by atoms with E-state index in [2.05, 4.69) is 34.7 Å². The number of hydrogen-bond donors (Lipinski definition) is 2. The van der Waals surface area contributed by atoms with Crippen molar-refractivity contribution in [2.75, 3.05) is 27.2 Å². The van der Waals surface area contributed by atoms with Crippen molar-refractivity contribution in [2.24, 2.45) is 4.99 Å². The maximum Gasteiger partial charge on any atom is 0.191 e. The summed E-state index contributed by atoms with van der Waals surface area (Å²) < 4.78 is 5.49. The summed E-state index contributed by atoms with van der Waals surface area (Å²) in [6.07, 6.45) is 1.11. The maximum atomic E-state index is 5.49. The molecule has 0 spiro atoms. The highest BCUT2D eigenvalue weighted by Crippen LogP contribution is 2.14. The first-order valence-corrected chi connectivity index (χ1v) is 6.34. The SMILES string of the molecule is CCCNC(=NC)NCC(OC)c1ccccc1. The zero-order valence-electron chi connectivity index (χ0n) is 11.4. The Morgan fingerprint density at radius 2 is 2.00 bits per heavy atom. The van der Waals surface area contributed by atoms with E-state index in [1.54, 1.807) is 14.2 Å². The largest absolute Gasteiger partial charge is 0.375 e. The predicted molar refractivity (Wildman–Crippen MR) is 75.8 cm³/mol. The quantitative estimate of drug-likeness (QED) is 0.598. The molecule has 1 unspecified atom stereocenters. The molecule has 4 nitrogen and oxygen atoms in total. The summed E-state index contributed by atoms with van der Waals surface area (Å²) in [6.45, 7) is 3.74. The van der Waals surface area contributed by atoms with Gasteiger partial charge in [-0.2, -0.15) is 0 Å². The van der Waals surface area contributed by atoms with Crippen LogP contribution < -0.4 is 10.6 Å². The van der Waals surface area contributed by atoms with Crippen molar-refractivity contribution in [1.82, 2.24) is 10.6 Å². The molecule has 1 aromatic rings. The molecule has 0 saturated heterocycles. The Hall–Kier alpha value is -1.55. The molecule has 0 heterocycles. The molecule has 18 heavy (non-hydrogen) atoms.